The fraction of sp³-hybridized carbons (Fsp3) is 0.208. The van der Waals surface area contributed by atoms with Gasteiger partial charge in [0.2, 0.25) is 0 Å². The normalized spacial score (nSPS) is 11.0. The second-order valence-corrected chi connectivity index (χ2v) is 23.0. The van der Waals surface area contributed by atoms with Crippen molar-refractivity contribution in [3.63, 3.8) is 0 Å². The number of benzene rings is 6. The van der Waals surface area contributed by atoms with E-state index in [9.17, 15) is 0 Å². The van der Waals surface area contributed by atoms with Crippen LogP contribution in [0.1, 0.15) is 50.7 Å². The molecule has 0 aliphatic heterocycles. The summed E-state index contributed by atoms with van der Waals surface area (Å²) in [5, 5.41) is 10.8. The number of fused-ring (bicyclic) bond motifs is 4. The van der Waals surface area contributed by atoms with Crippen LogP contribution in [0.25, 0.3) is 65.3 Å². The van der Waals surface area contributed by atoms with Crippen molar-refractivity contribution in [2.75, 3.05) is 0 Å². The SMILES string of the molecule is CCCCc1cc2c(-c3cccc4ccccc34)cccc2[cH-]1.CCCCc1cc2c(-c3cccc4ccccc34)cccc2[cH-]1.C[Si](C)=[Zr+2]. The summed E-state index contributed by atoms with van der Waals surface area (Å²) in [7, 11) is 0. The third-order valence-electron chi connectivity index (χ3n) is 9.42. The van der Waals surface area contributed by atoms with Crippen LogP contribution in [0.4, 0.5) is 0 Å². The summed E-state index contributed by atoms with van der Waals surface area (Å²) in [6.07, 6.45) is 7.38. The fourth-order valence-electron chi connectivity index (χ4n) is 7.03. The maximum absolute atomic E-state index is 2.39. The first-order valence-corrected chi connectivity index (χ1v) is 24.5. The molecule has 248 valence electrons. The van der Waals surface area contributed by atoms with E-state index in [2.05, 4.69) is 173 Å². The van der Waals surface area contributed by atoms with E-state index in [0.29, 0.717) is 0 Å². The minimum atomic E-state index is 0.210. The molecule has 50 heavy (non-hydrogen) atoms. The predicted molar refractivity (Wildman–Crippen MR) is 220 cm³/mol. The molecule has 8 rings (SSSR count). The van der Waals surface area contributed by atoms with Crippen molar-refractivity contribution in [3.05, 3.63) is 157 Å². The van der Waals surface area contributed by atoms with Crippen LogP contribution in [0.5, 0.6) is 0 Å². The van der Waals surface area contributed by atoms with Crippen LogP contribution in [-0.4, -0.2) is 5.43 Å². The average Bonchev–Trinajstić information content (AvgIpc) is 3.77. The van der Waals surface area contributed by atoms with Gasteiger partial charge >= 0.3 is 41.9 Å². The molecule has 0 fully saturated rings. The van der Waals surface area contributed by atoms with Gasteiger partial charge in [-0.25, -0.2) is 0 Å². The Labute approximate surface area is 314 Å². The van der Waals surface area contributed by atoms with Gasteiger partial charge in [-0.05, 0) is 45.5 Å². The van der Waals surface area contributed by atoms with E-state index in [1.165, 1.54) is 115 Å². The Bertz CT molecular complexity index is 2170. The van der Waals surface area contributed by atoms with Crippen molar-refractivity contribution in [1.82, 2.24) is 0 Å². The van der Waals surface area contributed by atoms with Gasteiger partial charge in [-0.3, -0.25) is 0 Å². The second-order valence-electron chi connectivity index (χ2n) is 13.6. The Morgan fingerprint density at radius 3 is 1.20 bits per heavy atom. The van der Waals surface area contributed by atoms with Gasteiger partial charge in [-0.1, -0.05) is 148 Å². The molecule has 0 aliphatic rings. The molecule has 0 aromatic heterocycles. The Balaban J connectivity index is 0.000000156. The van der Waals surface area contributed by atoms with Crippen molar-refractivity contribution in [3.8, 4) is 22.3 Å². The van der Waals surface area contributed by atoms with Gasteiger partial charge < -0.3 is 0 Å². The fourth-order valence-corrected chi connectivity index (χ4v) is 7.03. The maximum atomic E-state index is 2.39. The molecule has 2 heteroatoms. The summed E-state index contributed by atoms with van der Waals surface area (Å²) in [5.41, 5.74) is 8.51. The van der Waals surface area contributed by atoms with Gasteiger partial charge in [0.1, 0.15) is 0 Å². The van der Waals surface area contributed by atoms with Crippen LogP contribution in [-0.2, 0) is 36.2 Å². The van der Waals surface area contributed by atoms with E-state index in [0.717, 1.165) is 0 Å². The molecule has 0 radical (unpaired) electrons. The molecule has 0 bridgehead atoms. The number of rotatable bonds is 8. The predicted octanol–water partition coefficient (Wildman–Crippen LogP) is 14.2. The molecular formula is C48H48SiZr. The Hall–Kier alpha value is -3.84. The van der Waals surface area contributed by atoms with Crippen molar-refractivity contribution in [1.29, 1.82) is 0 Å². The van der Waals surface area contributed by atoms with E-state index < -0.39 is 0 Å². The topological polar surface area (TPSA) is 0 Å². The monoisotopic (exact) mass is 742 g/mol. The Morgan fingerprint density at radius 1 is 0.460 bits per heavy atom. The molecule has 0 unspecified atom stereocenters. The summed E-state index contributed by atoms with van der Waals surface area (Å²) in [6, 6.07) is 53.4. The average molecular weight is 744 g/mol. The zero-order chi connectivity index (χ0) is 34.9. The molecule has 8 aromatic carbocycles. The summed E-state index contributed by atoms with van der Waals surface area (Å²) in [6.45, 7) is 9.13. The zero-order valence-corrected chi connectivity index (χ0v) is 33.6. The number of hydrogen-bond acceptors (Lipinski definition) is 0. The molecule has 0 nitrogen and oxygen atoms in total. The van der Waals surface area contributed by atoms with Gasteiger partial charge in [0.25, 0.3) is 0 Å². The van der Waals surface area contributed by atoms with Crippen molar-refractivity contribution >= 4 is 48.5 Å². The van der Waals surface area contributed by atoms with E-state index in [4.69, 9.17) is 0 Å². The van der Waals surface area contributed by atoms with Gasteiger partial charge in [-0.15, -0.1) is 69.1 Å². The molecular weight excluding hydrogens is 696 g/mol. The summed E-state index contributed by atoms with van der Waals surface area (Å²) in [4.78, 5) is 0. The quantitative estimate of drug-likeness (QED) is 0.107. The number of unbranched alkanes of at least 4 members (excludes halogenated alkanes) is 2. The van der Waals surface area contributed by atoms with E-state index >= 15 is 0 Å². The summed E-state index contributed by atoms with van der Waals surface area (Å²) < 4.78 is 0. The third-order valence-corrected chi connectivity index (χ3v) is 9.42. The molecule has 0 saturated carbocycles. The number of aryl methyl sites for hydroxylation is 2. The van der Waals surface area contributed by atoms with Crippen LogP contribution in [0.15, 0.2) is 146 Å². The van der Waals surface area contributed by atoms with Crippen LogP contribution in [0, 0.1) is 0 Å². The molecule has 0 saturated heterocycles. The van der Waals surface area contributed by atoms with Gasteiger partial charge in [-0.2, -0.15) is 12.1 Å². The minimum absolute atomic E-state index is 0.210. The molecule has 0 aliphatic carbocycles. The molecule has 0 atom stereocenters. The molecule has 0 N–H and O–H groups in total. The standard InChI is InChI=1S/2C23H21.C2H6Si.Zr/c2*1-2-3-8-17-15-19-11-7-14-22(23(19)16-17)21-13-6-10-18-9-4-5-12-20(18)21;1-3-2;/h2*4-7,9-16H,2-3,8H2,1H3;1-2H3;/q2*-1;;+2. The third kappa shape index (κ3) is 8.54. The first-order valence-electron chi connectivity index (χ1n) is 18.3. The van der Waals surface area contributed by atoms with Crippen LogP contribution in [0.3, 0.4) is 0 Å². The first kappa shape index (κ1) is 36.0. The van der Waals surface area contributed by atoms with Gasteiger partial charge in [0.05, 0.1) is 0 Å². The van der Waals surface area contributed by atoms with Gasteiger partial charge in [0, 0.05) is 0 Å². The number of hydrogen-bond donors (Lipinski definition) is 0. The molecule has 0 amide bonds. The molecule has 0 heterocycles. The van der Waals surface area contributed by atoms with Crippen LogP contribution >= 0.6 is 0 Å². The van der Waals surface area contributed by atoms with E-state index in [1.54, 1.807) is 23.3 Å². The zero-order valence-electron chi connectivity index (χ0n) is 30.1. The van der Waals surface area contributed by atoms with Crippen LogP contribution < -0.4 is 0 Å². The van der Waals surface area contributed by atoms with Crippen molar-refractivity contribution in [2.24, 2.45) is 0 Å². The Kier molecular flexibility index (Phi) is 12.5. The molecule has 0 spiro atoms. The van der Waals surface area contributed by atoms with Gasteiger partial charge in [0.15, 0.2) is 0 Å². The Morgan fingerprint density at radius 2 is 0.800 bits per heavy atom. The summed E-state index contributed by atoms with van der Waals surface area (Å²) >= 11 is 1.74. The van der Waals surface area contributed by atoms with Crippen molar-refractivity contribution in [2.45, 2.75) is 65.5 Å². The van der Waals surface area contributed by atoms with Crippen molar-refractivity contribution < 1.29 is 23.3 Å². The first-order chi connectivity index (χ1) is 24.5. The van der Waals surface area contributed by atoms with E-state index in [-0.39, 0.29) is 5.43 Å². The van der Waals surface area contributed by atoms with Crippen LogP contribution in [0.2, 0.25) is 13.1 Å². The second kappa shape index (κ2) is 17.4. The molecule has 8 aromatic rings. The van der Waals surface area contributed by atoms with E-state index in [1.807, 2.05) is 0 Å². The summed E-state index contributed by atoms with van der Waals surface area (Å²) in [5.74, 6) is 0.